The summed E-state index contributed by atoms with van der Waals surface area (Å²) >= 11 is 5.78. The Balaban J connectivity index is 2.38. The fourth-order valence-corrected chi connectivity index (χ4v) is 3.03. The zero-order chi connectivity index (χ0) is 15.3. The Bertz CT molecular complexity index is 790. The van der Waals surface area contributed by atoms with Gasteiger partial charge in [-0.2, -0.15) is 0 Å². The van der Waals surface area contributed by atoms with E-state index in [9.17, 15) is 8.42 Å². The molecule has 0 saturated heterocycles. The first-order valence-electron chi connectivity index (χ1n) is 6.09. The molecule has 0 atom stereocenters. The van der Waals surface area contributed by atoms with Gasteiger partial charge >= 0.3 is 0 Å². The Morgan fingerprint density at radius 2 is 1.76 bits per heavy atom. The van der Waals surface area contributed by atoms with Crippen LogP contribution in [0, 0.1) is 11.8 Å². The van der Waals surface area contributed by atoms with Gasteiger partial charge in [-0.25, -0.2) is 8.42 Å². The van der Waals surface area contributed by atoms with Gasteiger partial charge in [0.05, 0.1) is 6.54 Å². The summed E-state index contributed by atoms with van der Waals surface area (Å²) < 4.78 is 27.3. The van der Waals surface area contributed by atoms with E-state index in [1.807, 2.05) is 0 Å². The highest BCUT2D eigenvalue weighted by Crippen LogP contribution is 2.20. The van der Waals surface area contributed by atoms with Gasteiger partial charge in [0.25, 0.3) is 10.0 Å². The standard InChI is InChI=1S/C15H13ClN2O2S/c16-13-7-9-14(10-8-13)18-21(19,20)15-6-2-1-4-12(15)5-3-11-17/h1-2,4,6-10,18H,11,17H2. The Morgan fingerprint density at radius 3 is 2.43 bits per heavy atom. The van der Waals surface area contributed by atoms with E-state index in [2.05, 4.69) is 16.6 Å². The number of hydrogen-bond acceptors (Lipinski definition) is 3. The Morgan fingerprint density at radius 1 is 1.10 bits per heavy atom. The minimum Gasteiger partial charge on any atom is -0.320 e. The number of nitrogens with one attached hydrogen (secondary N) is 1. The molecule has 0 unspecified atom stereocenters. The van der Waals surface area contributed by atoms with Crippen molar-refractivity contribution in [2.75, 3.05) is 11.3 Å². The van der Waals surface area contributed by atoms with Crippen molar-refractivity contribution in [1.29, 1.82) is 0 Å². The van der Waals surface area contributed by atoms with Crippen molar-refractivity contribution in [3.05, 3.63) is 59.1 Å². The molecule has 0 saturated carbocycles. The van der Waals surface area contributed by atoms with Gasteiger partial charge in [0.2, 0.25) is 0 Å². The first-order valence-corrected chi connectivity index (χ1v) is 7.95. The van der Waals surface area contributed by atoms with Crippen LogP contribution in [0.2, 0.25) is 5.02 Å². The van der Waals surface area contributed by atoms with E-state index in [0.717, 1.165) is 0 Å². The number of halogens is 1. The van der Waals surface area contributed by atoms with E-state index in [0.29, 0.717) is 16.3 Å². The predicted molar refractivity (Wildman–Crippen MR) is 84.6 cm³/mol. The molecule has 0 aliphatic carbocycles. The molecule has 0 aliphatic rings. The molecule has 0 spiro atoms. The van der Waals surface area contributed by atoms with Crippen LogP contribution < -0.4 is 10.5 Å². The molecule has 0 bridgehead atoms. The van der Waals surface area contributed by atoms with Gasteiger partial charge in [-0.05, 0) is 36.4 Å². The van der Waals surface area contributed by atoms with E-state index in [1.165, 1.54) is 6.07 Å². The number of nitrogens with two attached hydrogens (primary N) is 1. The first-order chi connectivity index (χ1) is 10.0. The second-order valence-corrected chi connectivity index (χ2v) is 6.20. The van der Waals surface area contributed by atoms with Crippen molar-refractivity contribution < 1.29 is 8.42 Å². The van der Waals surface area contributed by atoms with Gasteiger partial charge < -0.3 is 5.73 Å². The number of sulfonamides is 1. The molecule has 2 aromatic rings. The van der Waals surface area contributed by atoms with Gasteiger partial charge in [0, 0.05) is 16.3 Å². The van der Waals surface area contributed by atoms with Gasteiger partial charge in [0.1, 0.15) is 4.90 Å². The van der Waals surface area contributed by atoms with E-state index in [1.54, 1.807) is 42.5 Å². The van der Waals surface area contributed by atoms with Crippen LogP contribution in [0.25, 0.3) is 0 Å². The summed E-state index contributed by atoms with van der Waals surface area (Å²) in [5.74, 6) is 5.42. The summed E-state index contributed by atoms with van der Waals surface area (Å²) in [6.45, 7) is 0.166. The van der Waals surface area contributed by atoms with Crippen molar-refractivity contribution in [1.82, 2.24) is 0 Å². The SMILES string of the molecule is NCC#Cc1ccccc1S(=O)(=O)Nc1ccc(Cl)cc1. The second-order valence-electron chi connectivity index (χ2n) is 4.11. The molecule has 21 heavy (non-hydrogen) atoms. The second kappa shape index (κ2) is 6.64. The van der Waals surface area contributed by atoms with Gasteiger partial charge in [-0.3, -0.25) is 4.72 Å². The molecule has 4 nitrogen and oxygen atoms in total. The largest absolute Gasteiger partial charge is 0.320 e. The third-order valence-corrected chi connectivity index (χ3v) is 4.29. The third-order valence-electron chi connectivity index (χ3n) is 2.60. The van der Waals surface area contributed by atoms with Crippen molar-refractivity contribution >= 4 is 27.3 Å². The minimum absolute atomic E-state index is 0.112. The van der Waals surface area contributed by atoms with Crippen molar-refractivity contribution in [2.45, 2.75) is 4.90 Å². The maximum atomic E-state index is 12.4. The molecular formula is C15H13ClN2O2S. The van der Waals surface area contributed by atoms with E-state index < -0.39 is 10.0 Å². The molecule has 0 aliphatic heterocycles. The average Bonchev–Trinajstić information content (AvgIpc) is 2.47. The van der Waals surface area contributed by atoms with Crippen LogP contribution >= 0.6 is 11.6 Å². The molecule has 108 valence electrons. The van der Waals surface area contributed by atoms with Crippen molar-refractivity contribution in [3.63, 3.8) is 0 Å². The summed E-state index contributed by atoms with van der Waals surface area (Å²) in [5, 5.41) is 0.534. The quantitative estimate of drug-likeness (QED) is 0.853. The highest BCUT2D eigenvalue weighted by Gasteiger charge is 2.17. The van der Waals surface area contributed by atoms with Crippen molar-refractivity contribution in [2.24, 2.45) is 5.73 Å². The van der Waals surface area contributed by atoms with Crippen LogP contribution in [0.4, 0.5) is 5.69 Å². The summed E-state index contributed by atoms with van der Waals surface area (Å²) in [4.78, 5) is 0.112. The molecule has 2 rings (SSSR count). The predicted octanol–water partition coefficient (Wildman–Crippen LogP) is 2.45. The average molecular weight is 321 g/mol. The zero-order valence-electron chi connectivity index (χ0n) is 11.0. The monoisotopic (exact) mass is 320 g/mol. The van der Waals surface area contributed by atoms with Crippen LogP contribution in [0.15, 0.2) is 53.4 Å². The fraction of sp³-hybridized carbons (Fsp3) is 0.0667. The molecule has 2 aromatic carbocycles. The van der Waals surface area contributed by atoms with E-state index >= 15 is 0 Å². The number of benzene rings is 2. The number of anilines is 1. The zero-order valence-corrected chi connectivity index (χ0v) is 12.6. The number of rotatable bonds is 3. The van der Waals surface area contributed by atoms with Gasteiger partial charge in [-0.15, -0.1) is 0 Å². The Labute approximate surface area is 129 Å². The van der Waals surface area contributed by atoms with Crippen LogP contribution in [0.3, 0.4) is 0 Å². The Hall–Kier alpha value is -2.00. The van der Waals surface area contributed by atoms with Crippen LogP contribution in [-0.2, 0) is 10.0 Å². The van der Waals surface area contributed by atoms with Crippen LogP contribution in [0.1, 0.15) is 5.56 Å². The van der Waals surface area contributed by atoms with Gasteiger partial charge in [-0.1, -0.05) is 35.6 Å². The third kappa shape index (κ3) is 3.99. The molecule has 3 N–H and O–H groups in total. The van der Waals surface area contributed by atoms with Gasteiger partial charge in [0.15, 0.2) is 0 Å². The highest BCUT2D eigenvalue weighted by atomic mass is 35.5. The summed E-state index contributed by atoms with van der Waals surface area (Å²) in [6.07, 6.45) is 0. The lowest BCUT2D eigenvalue weighted by Crippen LogP contribution is -2.14. The summed E-state index contributed by atoms with van der Waals surface area (Å²) in [6, 6.07) is 12.9. The maximum Gasteiger partial charge on any atom is 0.263 e. The lowest BCUT2D eigenvalue weighted by Gasteiger charge is -2.09. The Kier molecular flexibility index (Phi) is 4.86. The maximum absolute atomic E-state index is 12.4. The smallest absolute Gasteiger partial charge is 0.263 e. The lowest BCUT2D eigenvalue weighted by atomic mass is 10.2. The molecule has 0 radical (unpaired) electrons. The summed E-state index contributed by atoms with van der Waals surface area (Å²) in [7, 11) is -3.72. The molecule has 0 amide bonds. The topological polar surface area (TPSA) is 72.2 Å². The minimum atomic E-state index is -3.72. The normalized spacial score (nSPS) is 10.6. The first kappa shape index (κ1) is 15.4. The molecule has 0 heterocycles. The lowest BCUT2D eigenvalue weighted by molar-refractivity contribution is 0.601. The van der Waals surface area contributed by atoms with E-state index in [-0.39, 0.29) is 11.4 Å². The fourth-order valence-electron chi connectivity index (χ4n) is 1.68. The summed E-state index contributed by atoms with van der Waals surface area (Å²) in [5.41, 5.74) is 6.16. The van der Waals surface area contributed by atoms with Crippen LogP contribution in [0.5, 0.6) is 0 Å². The molecule has 0 aromatic heterocycles. The van der Waals surface area contributed by atoms with E-state index in [4.69, 9.17) is 17.3 Å². The molecule has 6 heteroatoms. The van der Waals surface area contributed by atoms with Crippen molar-refractivity contribution in [3.8, 4) is 11.8 Å². The highest BCUT2D eigenvalue weighted by molar-refractivity contribution is 7.92. The molecule has 0 fully saturated rings. The van der Waals surface area contributed by atoms with Crippen LogP contribution in [-0.4, -0.2) is 15.0 Å². The molecular weight excluding hydrogens is 308 g/mol. The number of hydrogen-bond donors (Lipinski definition) is 2.